The number of carbonyl (C=O) groups is 1. The van der Waals surface area contributed by atoms with Gasteiger partial charge in [0.2, 0.25) is 0 Å². The van der Waals surface area contributed by atoms with Crippen LogP contribution in [0.5, 0.6) is 5.75 Å². The van der Waals surface area contributed by atoms with Crippen molar-refractivity contribution in [1.82, 2.24) is 15.0 Å². The van der Waals surface area contributed by atoms with Gasteiger partial charge in [-0.3, -0.25) is 5.32 Å². The van der Waals surface area contributed by atoms with Crippen molar-refractivity contribution in [3.63, 3.8) is 0 Å². The number of amides is 2. The van der Waals surface area contributed by atoms with Crippen LogP contribution >= 0.6 is 0 Å². The first-order chi connectivity index (χ1) is 15.6. The van der Waals surface area contributed by atoms with Crippen molar-refractivity contribution in [3.8, 4) is 5.75 Å². The minimum Gasteiger partial charge on any atom is -0.493 e. The van der Waals surface area contributed by atoms with Crippen molar-refractivity contribution in [1.29, 1.82) is 0 Å². The van der Waals surface area contributed by atoms with E-state index in [0.717, 1.165) is 11.3 Å². The molecule has 33 heavy (non-hydrogen) atoms. The number of nitrogens with one attached hydrogen (secondary N) is 1. The second kappa shape index (κ2) is 10.1. The molecular formula is C23H27F3N4O3. The summed E-state index contributed by atoms with van der Waals surface area (Å²) in [6.07, 6.45) is -2.87. The Morgan fingerprint density at radius 1 is 1.24 bits per heavy atom. The SMILES string of the molecule is CCCc1c(OCCCN(C)C(=O)Nc2cc(C)cc(C)n2)ccc2c(C(F)(F)F)noc12. The molecule has 3 aromatic rings. The number of aryl methyl sites for hydroxylation is 3. The van der Waals surface area contributed by atoms with Crippen molar-refractivity contribution in [2.75, 3.05) is 25.5 Å². The number of alkyl halides is 3. The summed E-state index contributed by atoms with van der Waals surface area (Å²) in [4.78, 5) is 18.2. The average molecular weight is 464 g/mol. The number of urea groups is 1. The van der Waals surface area contributed by atoms with E-state index in [0.29, 0.717) is 42.9 Å². The Balaban J connectivity index is 1.60. The molecule has 0 saturated carbocycles. The Kier molecular flexibility index (Phi) is 7.45. The monoisotopic (exact) mass is 464 g/mol. The summed E-state index contributed by atoms with van der Waals surface area (Å²) in [5, 5.41) is 5.91. The van der Waals surface area contributed by atoms with E-state index in [2.05, 4.69) is 15.5 Å². The molecule has 2 amide bonds. The third kappa shape index (κ3) is 5.94. The number of nitrogens with zero attached hydrogens (tertiary/aromatic N) is 3. The van der Waals surface area contributed by atoms with E-state index < -0.39 is 11.9 Å². The van der Waals surface area contributed by atoms with Crippen LogP contribution in [0.3, 0.4) is 0 Å². The Labute approximate surface area is 189 Å². The summed E-state index contributed by atoms with van der Waals surface area (Å²) in [5.74, 6) is 0.948. The Bertz CT molecular complexity index is 1110. The highest BCUT2D eigenvalue weighted by molar-refractivity contribution is 5.88. The van der Waals surface area contributed by atoms with Gasteiger partial charge in [-0.05, 0) is 56.5 Å². The molecule has 0 aliphatic heterocycles. The predicted molar refractivity (Wildman–Crippen MR) is 118 cm³/mol. The number of rotatable bonds is 8. The number of ether oxygens (including phenoxy) is 1. The van der Waals surface area contributed by atoms with E-state index in [1.165, 1.54) is 17.0 Å². The molecule has 0 bridgehead atoms. The van der Waals surface area contributed by atoms with E-state index in [4.69, 9.17) is 9.26 Å². The minimum atomic E-state index is -4.59. The molecule has 0 aliphatic rings. The quantitative estimate of drug-likeness (QED) is 0.430. The van der Waals surface area contributed by atoms with Crippen molar-refractivity contribution in [2.45, 2.75) is 46.2 Å². The van der Waals surface area contributed by atoms with Crippen molar-refractivity contribution in [3.05, 3.63) is 46.8 Å². The van der Waals surface area contributed by atoms with Crippen LogP contribution in [0, 0.1) is 13.8 Å². The highest BCUT2D eigenvalue weighted by Crippen LogP contribution is 2.38. The van der Waals surface area contributed by atoms with Crippen molar-refractivity contribution >= 4 is 22.8 Å². The zero-order valence-corrected chi connectivity index (χ0v) is 19.0. The molecular weight excluding hydrogens is 437 g/mol. The fourth-order valence-corrected chi connectivity index (χ4v) is 3.56. The van der Waals surface area contributed by atoms with Crippen LogP contribution in [0.1, 0.15) is 42.3 Å². The number of halogens is 3. The lowest BCUT2D eigenvalue weighted by Gasteiger charge is -2.18. The van der Waals surface area contributed by atoms with Gasteiger partial charge in [0, 0.05) is 24.8 Å². The number of hydrogen-bond donors (Lipinski definition) is 1. The summed E-state index contributed by atoms with van der Waals surface area (Å²) >= 11 is 0. The molecule has 1 aromatic carbocycles. The Hall–Kier alpha value is -3.30. The number of anilines is 1. The standard InChI is InChI=1S/C23H27F3N4O3/c1-5-7-16-18(9-8-17-20(16)33-29-21(17)23(24,25)26)32-11-6-10-30(4)22(31)28-19-13-14(2)12-15(3)27-19/h8-9,12-13H,5-7,10-11H2,1-4H3,(H,27,28,31). The van der Waals surface area contributed by atoms with Gasteiger partial charge in [0.1, 0.15) is 11.6 Å². The first-order valence-corrected chi connectivity index (χ1v) is 10.7. The number of aromatic nitrogens is 2. The van der Waals surface area contributed by atoms with Gasteiger partial charge in [0.05, 0.1) is 12.0 Å². The van der Waals surface area contributed by atoms with Crippen LogP contribution in [0.4, 0.5) is 23.8 Å². The molecule has 0 unspecified atom stereocenters. The van der Waals surface area contributed by atoms with Crippen LogP contribution in [-0.4, -0.2) is 41.3 Å². The zero-order valence-electron chi connectivity index (χ0n) is 19.0. The van der Waals surface area contributed by atoms with Gasteiger partial charge in [0.15, 0.2) is 11.3 Å². The smallest absolute Gasteiger partial charge is 0.437 e. The molecule has 0 fully saturated rings. The molecule has 7 nitrogen and oxygen atoms in total. The zero-order chi connectivity index (χ0) is 24.2. The van der Waals surface area contributed by atoms with Crippen LogP contribution < -0.4 is 10.1 Å². The molecule has 2 heterocycles. The molecule has 178 valence electrons. The van der Waals surface area contributed by atoms with E-state index >= 15 is 0 Å². The lowest BCUT2D eigenvalue weighted by molar-refractivity contribution is -0.141. The number of benzene rings is 1. The molecule has 1 N–H and O–H groups in total. The van der Waals surface area contributed by atoms with E-state index in [1.807, 2.05) is 26.8 Å². The van der Waals surface area contributed by atoms with E-state index in [1.54, 1.807) is 13.1 Å². The van der Waals surface area contributed by atoms with E-state index in [-0.39, 0.29) is 23.6 Å². The first-order valence-electron chi connectivity index (χ1n) is 10.7. The molecule has 2 aromatic heterocycles. The number of fused-ring (bicyclic) bond motifs is 1. The van der Waals surface area contributed by atoms with E-state index in [9.17, 15) is 18.0 Å². The topological polar surface area (TPSA) is 80.5 Å². The lowest BCUT2D eigenvalue weighted by Crippen LogP contribution is -2.33. The minimum absolute atomic E-state index is 0.0744. The fraction of sp³-hybridized carbons (Fsp3) is 0.435. The second-order valence-electron chi connectivity index (χ2n) is 7.92. The molecule has 0 radical (unpaired) electrons. The summed E-state index contributed by atoms with van der Waals surface area (Å²) in [7, 11) is 1.67. The third-order valence-electron chi connectivity index (χ3n) is 5.04. The first kappa shape index (κ1) is 24.3. The molecule has 0 atom stereocenters. The summed E-state index contributed by atoms with van der Waals surface area (Å²) in [5.41, 5.74) is 1.44. The maximum Gasteiger partial charge on any atom is 0.437 e. The largest absolute Gasteiger partial charge is 0.493 e. The van der Waals surface area contributed by atoms with Gasteiger partial charge in [-0.2, -0.15) is 13.2 Å². The highest BCUT2D eigenvalue weighted by Gasteiger charge is 2.37. The van der Waals surface area contributed by atoms with Gasteiger partial charge in [-0.1, -0.05) is 18.5 Å². The average Bonchev–Trinajstić information content (AvgIpc) is 3.16. The normalized spacial score (nSPS) is 11.6. The molecule has 0 saturated heterocycles. The summed E-state index contributed by atoms with van der Waals surface area (Å²) in [6, 6.07) is 6.26. The van der Waals surface area contributed by atoms with Crippen LogP contribution in [-0.2, 0) is 12.6 Å². The molecule has 0 aliphatic carbocycles. The lowest BCUT2D eigenvalue weighted by atomic mass is 10.0. The summed E-state index contributed by atoms with van der Waals surface area (Å²) < 4.78 is 50.3. The van der Waals surface area contributed by atoms with Gasteiger partial charge in [-0.15, -0.1) is 0 Å². The van der Waals surface area contributed by atoms with Gasteiger partial charge >= 0.3 is 12.2 Å². The second-order valence-corrected chi connectivity index (χ2v) is 7.92. The van der Waals surface area contributed by atoms with Crippen LogP contribution in [0.15, 0.2) is 28.8 Å². The number of hydrogen-bond acceptors (Lipinski definition) is 5. The molecule has 3 rings (SSSR count). The Morgan fingerprint density at radius 2 is 2.00 bits per heavy atom. The summed E-state index contributed by atoms with van der Waals surface area (Å²) in [6.45, 7) is 6.40. The Morgan fingerprint density at radius 3 is 2.67 bits per heavy atom. The fourth-order valence-electron chi connectivity index (χ4n) is 3.56. The van der Waals surface area contributed by atoms with Gasteiger partial charge in [-0.25, -0.2) is 9.78 Å². The van der Waals surface area contributed by atoms with Crippen molar-refractivity contribution < 1.29 is 27.2 Å². The van der Waals surface area contributed by atoms with Crippen LogP contribution in [0.25, 0.3) is 11.0 Å². The molecule has 10 heteroatoms. The van der Waals surface area contributed by atoms with Crippen molar-refractivity contribution in [2.24, 2.45) is 0 Å². The van der Waals surface area contributed by atoms with Gasteiger partial charge in [0.25, 0.3) is 0 Å². The van der Waals surface area contributed by atoms with Crippen LogP contribution in [0.2, 0.25) is 0 Å². The molecule has 0 spiro atoms. The number of carbonyl (C=O) groups excluding carboxylic acids is 1. The maximum atomic E-state index is 13.1. The maximum absolute atomic E-state index is 13.1. The third-order valence-corrected chi connectivity index (χ3v) is 5.04. The highest BCUT2D eigenvalue weighted by atomic mass is 19.4. The number of pyridine rings is 1. The van der Waals surface area contributed by atoms with Gasteiger partial charge < -0.3 is 14.2 Å². The predicted octanol–water partition coefficient (Wildman–Crippen LogP) is 5.74.